The van der Waals surface area contributed by atoms with Crippen molar-refractivity contribution in [2.45, 2.75) is 94.4 Å². The van der Waals surface area contributed by atoms with E-state index in [1.165, 1.54) is 6.07 Å². The Morgan fingerprint density at radius 1 is 1.09 bits per heavy atom. The third kappa shape index (κ3) is 14.7. The number of likely N-dealkylation sites (tertiary alicyclic amines) is 1. The van der Waals surface area contributed by atoms with E-state index in [2.05, 4.69) is 32.2 Å². The third-order valence-corrected chi connectivity index (χ3v) is 8.20. The van der Waals surface area contributed by atoms with Crippen LogP contribution in [0.15, 0.2) is 21.7 Å². The van der Waals surface area contributed by atoms with Crippen molar-refractivity contribution in [3.63, 3.8) is 0 Å². The van der Waals surface area contributed by atoms with Crippen molar-refractivity contribution in [3.8, 4) is 18.4 Å². The van der Waals surface area contributed by atoms with Gasteiger partial charge in [-0.2, -0.15) is 5.26 Å². The minimum atomic E-state index is -3.18. The Labute approximate surface area is 311 Å². The molecule has 1 aliphatic rings. The van der Waals surface area contributed by atoms with Gasteiger partial charge in [0.25, 0.3) is 11.8 Å². The number of aliphatic carboxylic acids is 1. The van der Waals surface area contributed by atoms with Gasteiger partial charge in [-0.25, -0.2) is 13.6 Å². The van der Waals surface area contributed by atoms with Crippen LogP contribution in [0, 0.1) is 23.7 Å². The molecule has 1 aromatic heterocycles. The summed E-state index contributed by atoms with van der Waals surface area (Å²) in [6.07, 6.45) is 6.10. The predicted molar refractivity (Wildman–Crippen MR) is 189 cm³/mol. The molecule has 1 fully saturated rings. The fraction of sp³-hybridized carbons (Fsp3) is 0.588. The topological polar surface area (TPSA) is 279 Å². The number of nitrogens with zero attached hydrogens (tertiary/aromatic N) is 4. The standard InChI is InChI=1S/C34H48F2N10O8/c1-4-8-24(30(50)44-26(32(52)53)9-5-6-13-37)43-31(51)25(10-7-14-40-33(39)45(2)3)42-29(49)21-15-23(54-19-21)18-41-27(47)11-12-28(48)46-20-34(35,36)16-22(46)17-38/h1,15,19,22,24-26H,5-14,16,18,20,37H2,2-3H3,(H2,39,40)(H,41,47)(H,42,49)(H,43,51)(H,44,50)(H,52,53)/t22-,24+,25-,26-/m0/s1. The summed E-state index contributed by atoms with van der Waals surface area (Å²) in [6.45, 7) is -0.569. The first-order valence-electron chi connectivity index (χ1n) is 17.2. The molecule has 2 rings (SSSR count). The molecule has 20 heteroatoms. The number of halogens is 2. The van der Waals surface area contributed by atoms with Gasteiger partial charge in [-0.3, -0.25) is 29.0 Å². The first-order valence-corrected chi connectivity index (χ1v) is 17.2. The minimum Gasteiger partial charge on any atom is -0.480 e. The fourth-order valence-corrected chi connectivity index (χ4v) is 5.19. The molecule has 5 amide bonds. The molecular weight excluding hydrogens is 714 g/mol. The molecule has 0 spiro atoms. The number of carboxylic acids is 1. The molecule has 4 atom stereocenters. The second kappa shape index (κ2) is 21.7. The van der Waals surface area contributed by atoms with E-state index < -0.39 is 85.0 Å². The lowest BCUT2D eigenvalue weighted by atomic mass is 10.1. The van der Waals surface area contributed by atoms with Crippen molar-refractivity contribution in [1.82, 2.24) is 31.1 Å². The van der Waals surface area contributed by atoms with E-state index in [9.17, 15) is 42.7 Å². The molecule has 9 N–H and O–H groups in total. The molecular formula is C34H48F2N10O8. The highest BCUT2D eigenvalue weighted by molar-refractivity contribution is 5.98. The number of carboxylic acid groups (broad SMARTS) is 1. The second-order valence-electron chi connectivity index (χ2n) is 12.8. The smallest absolute Gasteiger partial charge is 0.326 e. The van der Waals surface area contributed by atoms with Crippen LogP contribution in [0.25, 0.3) is 0 Å². The first-order chi connectivity index (χ1) is 25.5. The fourth-order valence-electron chi connectivity index (χ4n) is 5.19. The lowest BCUT2D eigenvalue weighted by Gasteiger charge is -2.23. The Morgan fingerprint density at radius 3 is 2.39 bits per heavy atom. The highest BCUT2D eigenvalue weighted by atomic mass is 19.3. The van der Waals surface area contributed by atoms with Crippen molar-refractivity contribution in [2.75, 3.05) is 33.7 Å². The van der Waals surface area contributed by atoms with E-state index in [-0.39, 0.29) is 62.5 Å². The van der Waals surface area contributed by atoms with Gasteiger partial charge >= 0.3 is 5.97 Å². The van der Waals surface area contributed by atoms with Crippen molar-refractivity contribution >= 4 is 41.5 Å². The van der Waals surface area contributed by atoms with Gasteiger partial charge in [-0.1, -0.05) is 0 Å². The molecule has 0 aliphatic carbocycles. The van der Waals surface area contributed by atoms with Gasteiger partial charge in [-0.05, 0) is 44.7 Å². The summed E-state index contributed by atoms with van der Waals surface area (Å²) in [5.41, 5.74) is 11.3. The lowest BCUT2D eigenvalue weighted by Crippen LogP contribution is -2.55. The van der Waals surface area contributed by atoms with Crippen LogP contribution >= 0.6 is 0 Å². The van der Waals surface area contributed by atoms with Gasteiger partial charge in [0.2, 0.25) is 23.6 Å². The SMILES string of the molecule is C#CC[C@@H](NC(=O)[C@H](CCCN=C(N)N(C)C)NC(=O)c1coc(CNC(=O)CCC(=O)N2CC(F)(F)C[C@H]2C#N)c1)C(=O)N[C@@H](CCCCN)C(=O)O. The average molecular weight is 763 g/mol. The molecule has 2 heterocycles. The predicted octanol–water partition coefficient (Wildman–Crippen LogP) is -0.603. The Kier molecular flexibility index (Phi) is 17.8. The lowest BCUT2D eigenvalue weighted by molar-refractivity contribution is -0.142. The van der Waals surface area contributed by atoms with Crippen LogP contribution in [0.2, 0.25) is 0 Å². The number of rotatable bonds is 21. The minimum absolute atomic E-state index is 0.0284. The number of guanidine groups is 1. The summed E-state index contributed by atoms with van der Waals surface area (Å²) >= 11 is 0. The number of nitrogens with one attached hydrogen (secondary N) is 4. The largest absolute Gasteiger partial charge is 0.480 e. The Morgan fingerprint density at radius 2 is 1.76 bits per heavy atom. The zero-order valence-electron chi connectivity index (χ0n) is 30.2. The molecule has 1 saturated heterocycles. The van der Waals surface area contributed by atoms with Gasteiger partial charge in [0, 0.05) is 46.3 Å². The van der Waals surface area contributed by atoms with Crippen molar-refractivity contribution in [3.05, 3.63) is 23.7 Å². The summed E-state index contributed by atoms with van der Waals surface area (Å²) in [5.74, 6) is -5.55. The Bertz CT molecular complexity index is 1600. The Balaban J connectivity index is 2.07. The highest BCUT2D eigenvalue weighted by Crippen LogP contribution is 2.32. The third-order valence-electron chi connectivity index (χ3n) is 8.20. The molecule has 296 valence electrons. The van der Waals surface area contributed by atoms with Gasteiger partial charge in [-0.15, -0.1) is 12.3 Å². The number of furan rings is 1. The molecule has 0 bridgehead atoms. The van der Waals surface area contributed by atoms with E-state index in [1.807, 2.05) is 0 Å². The van der Waals surface area contributed by atoms with Crippen LogP contribution in [0.4, 0.5) is 8.78 Å². The number of terminal acetylenes is 1. The highest BCUT2D eigenvalue weighted by Gasteiger charge is 2.47. The number of unbranched alkanes of at least 4 members (excludes halogenated alkanes) is 1. The van der Waals surface area contributed by atoms with Crippen LogP contribution in [0.1, 0.15) is 73.9 Å². The van der Waals surface area contributed by atoms with E-state index >= 15 is 0 Å². The maximum absolute atomic E-state index is 13.7. The van der Waals surface area contributed by atoms with Gasteiger partial charge in [0.15, 0.2) is 5.96 Å². The normalized spacial score (nSPS) is 16.5. The zero-order valence-corrected chi connectivity index (χ0v) is 30.2. The summed E-state index contributed by atoms with van der Waals surface area (Å²) < 4.78 is 32.7. The monoisotopic (exact) mass is 762 g/mol. The number of aliphatic imine (C=N–C) groups is 1. The van der Waals surface area contributed by atoms with Crippen LogP contribution in [0.5, 0.6) is 0 Å². The number of hydrogen-bond donors (Lipinski definition) is 7. The van der Waals surface area contributed by atoms with E-state index in [1.54, 1.807) is 25.1 Å². The number of carbonyl (C=O) groups is 6. The van der Waals surface area contributed by atoms with E-state index in [4.69, 9.17) is 27.6 Å². The number of carbonyl (C=O) groups excluding carboxylic acids is 5. The van der Waals surface area contributed by atoms with Crippen molar-refractivity contribution < 1.29 is 47.1 Å². The van der Waals surface area contributed by atoms with Crippen LogP contribution in [-0.2, 0) is 30.5 Å². The van der Waals surface area contributed by atoms with Gasteiger partial charge < -0.3 is 52.1 Å². The number of alkyl halides is 2. The quantitative estimate of drug-likeness (QED) is 0.0358. The molecule has 0 unspecified atom stereocenters. The van der Waals surface area contributed by atoms with Crippen molar-refractivity contribution in [1.29, 1.82) is 5.26 Å². The zero-order chi connectivity index (χ0) is 40.4. The first kappa shape index (κ1) is 44.4. The summed E-state index contributed by atoms with van der Waals surface area (Å²) in [6, 6.07) is -2.11. The second-order valence-corrected chi connectivity index (χ2v) is 12.8. The summed E-state index contributed by atoms with van der Waals surface area (Å²) in [4.78, 5) is 82.8. The molecule has 18 nitrogen and oxygen atoms in total. The molecule has 54 heavy (non-hydrogen) atoms. The molecule has 1 aliphatic heterocycles. The molecule has 0 saturated carbocycles. The summed E-state index contributed by atoms with van der Waals surface area (Å²) in [5, 5.41) is 28.6. The average Bonchev–Trinajstić information content (AvgIpc) is 3.73. The molecule has 0 aromatic carbocycles. The van der Waals surface area contributed by atoms with Crippen molar-refractivity contribution in [2.24, 2.45) is 16.5 Å². The van der Waals surface area contributed by atoms with Crippen LogP contribution in [-0.4, -0.2) is 120 Å². The van der Waals surface area contributed by atoms with Gasteiger partial charge in [0.05, 0.1) is 24.7 Å². The van der Waals surface area contributed by atoms with Crippen LogP contribution in [0.3, 0.4) is 0 Å². The number of nitrogens with two attached hydrogens (primary N) is 2. The number of nitriles is 1. The van der Waals surface area contributed by atoms with E-state index in [0.717, 1.165) is 11.2 Å². The maximum atomic E-state index is 13.7. The number of amides is 5. The Hall–Kier alpha value is -5.76. The molecule has 0 radical (unpaired) electrons. The van der Waals surface area contributed by atoms with Crippen LogP contribution < -0.4 is 32.7 Å². The summed E-state index contributed by atoms with van der Waals surface area (Å²) in [7, 11) is 3.38. The molecule has 1 aromatic rings. The maximum Gasteiger partial charge on any atom is 0.326 e. The number of hydrogen-bond acceptors (Lipinski definition) is 10. The van der Waals surface area contributed by atoms with E-state index in [0.29, 0.717) is 19.4 Å². The van der Waals surface area contributed by atoms with Gasteiger partial charge in [0.1, 0.15) is 36.2 Å².